The molecular weight excluding hydrogens is 403 g/mol. The van der Waals surface area contributed by atoms with E-state index in [1.807, 2.05) is 38.1 Å². The maximum Gasteiger partial charge on any atom is 0.277 e. The Morgan fingerprint density at radius 2 is 1.78 bits per heavy atom. The Hall–Kier alpha value is -1.89. The number of nitrogens with one attached hydrogen (secondary N) is 1. The minimum absolute atomic E-state index is 0.0657. The van der Waals surface area contributed by atoms with Gasteiger partial charge in [-0.1, -0.05) is 17.7 Å². The number of rotatable bonds is 5. The van der Waals surface area contributed by atoms with E-state index in [2.05, 4.69) is 52.2 Å². The van der Waals surface area contributed by atoms with Gasteiger partial charge in [-0.05, 0) is 78.8 Å². The van der Waals surface area contributed by atoms with E-state index in [4.69, 9.17) is 4.74 Å². The van der Waals surface area contributed by atoms with E-state index in [1.54, 1.807) is 6.21 Å². The molecular formula is C18H19IN2O2. The smallest absolute Gasteiger partial charge is 0.277 e. The number of hydrazone groups is 1. The number of nitrogens with zero attached hydrogens (tertiary/aromatic N) is 1. The van der Waals surface area contributed by atoms with Crippen molar-refractivity contribution in [1.29, 1.82) is 0 Å². The van der Waals surface area contributed by atoms with Gasteiger partial charge in [-0.15, -0.1) is 0 Å². The third-order valence-corrected chi connectivity index (χ3v) is 4.02. The summed E-state index contributed by atoms with van der Waals surface area (Å²) in [6.45, 7) is 6.06. The van der Waals surface area contributed by atoms with Crippen molar-refractivity contribution in [2.75, 3.05) is 6.61 Å². The molecule has 5 heteroatoms. The number of halogens is 1. The number of hydrogen-bond acceptors (Lipinski definition) is 3. The number of carbonyl (C=O) groups excluding carboxylic acids is 1. The fraction of sp³-hybridized carbons (Fsp3) is 0.222. The van der Waals surface area contributed by atoms with Gasteiger partial charge in [0, 0.05) is 9.13 Å². The minimum Gasteiger partial charge on any atom is -0.484 e. The van der Waals surface area contributed by atoms with E-state index < -0.39 is 0 Å². The summed E-state index contributed by atoms with van der Waals surface area (Å²) in [5, 5.41) is 4.01. The van der Waals surface area contributed by atoms with Gasteiger partial charge in [-0.2, -0.15) is 5.10 Å². The van der Waals surface area contributed by atoms with Crippen LogP contribution in [0.5, 0.6) is 5.75 Å². The Labute approximate surface area is 150 Å². The summed E-state index contributed by atoms with van der Waals surface area (Å²) in [6, 6.07) is 11.7. The standard InChI is InChI=1S/C18H19IN2O2/c1-12-8-13(2)17(14(3)9-12)10-20-21-18(22)11-23-16-6-4-15(19)5-7-16/h4-10H,11H2,1-3H3,(H,21,22). The largest absolute Gasteiger partial charge is 0.484 e. The van der Waals surface area contributed by atoms with Crippen LogP contribution < -0.4 is 10.2 Å². The van der Waals surface area contributed by atoms with Crippen molar-refractivity contribution in [3.63, 3.8) is 0 Å². The molecule has 1 N–H and O–H groups in total. The molecule has 23 heavy (non-hydrogen) atoms. The van der Waals surface area contributed by atoms with Crippen molar-refractivity contribution in [1.82, 2.24) is 5.43 Å². The predicted molar refractivity (Wildman–Crippen MR) is 101 cm³/mol. The van der Waals surface area contributed by atoms with Gasteiger partial charge < -0.3 is 4.74 Å². The second-order valence-corrected chi connectivity index (χ2v) is 6.59. The first kappa shape index (κ1) is 17.5. The van der Waals surface area contributed by atoms with E-state index >= 15 is 0 Å². The van der Waals surface area contributed by atoms with E-state index in [-0.39, 0.29) is 12.5 Å². The molecule has 0 radical (unpaired) electrons. The molecule has 0 aliphatic carbocycles. The van der Waals surface area contributed by atoms with Gasteiger partial charge in [0.05, 0.1) is 6.21 Å². The molecule has 0 fully saturated rings. The minimum atomic E-state index is -0.290. The summed E-state index contributed by atoms with van der Waals surface area (Å²) in [5.41, 5.74) is 6.99. The van der Waals surface area contributed by atoms with Crippen LogP contribution in [-0.4, -0.2) is 18.7 Å². The topological polar surface area (TPSA) is 50.7 Å². The van der Waals surface area contributed by atoms with Gasteiger partial charge in [-0.3, -0.25) is 4.79 Å². The van der Waals surface area contributed by atoms with E-state index in [9.17, 15) is 4.79 Å². The average Bonchev–Trinajstić information content (AvgIpc) is 2.49. The zero-order chi connectivity index (χ0) is 16.8. The van der Waals surface area contributed by atoms with Gasteiger partial charge in [0.25, 0.3) is 5.91 Å². The number of aryl methyl sites for hydroxylation is 3. The summed E-state index contributed by atoms with van der Waals surface area (Å²) in [4.78, 5) is 11.7. The van der Waals surface area contributed by atoms with Crippen LogP contribution in [-0.2, 0) is 4.79 Å². The highest BCUT2D eigenvalue weighted by atomic mass is 127. The third kappa shape index (κ3) is 5.35. The van der Waals surface area contributed by atoms with E-state index in [1.165, 1.54) is 5.56 Å². The van der Waals surface area contributed by atoms with Crippen molar-refractivity contribution < 1.29 is 9.53 Å². The molecule has 2 aromatic rings. The van der Waals surface area contributed by atoms with Crippen LogP contribution >= 0.6 is 22.6 Å². The second-order valence-electron chi connectivity index (χ2n) is 5.35. The number of carbonyl (C=O) groups is 1. The molecule has 1 amide bonds. The van der Waals surface area contributed by atoms with Gasteiger partial charge in [0.1, 0.15) is 5.75 Å². The maximum atomic E-state index is 11.7. The zero-order valence-corrected chi connectivity index (χ0v) is 15.5. The van der Waals surface area contributed by atoms with Crippen LogP contribution in [0.15, 0.2) is 41.5 Å². The molecule has 4 nitrogen and oxygen atoms in total. The third-order valence-electron chi connectivity index (χ3n) is 3.30. The lowest BCUT2D eigenvalue weighted by atomic mass is 10.0. The Balaban J connectivity index is 1.88. The number of ether oxygens (including phenoxy) is 1. The monoisotopic (exact) mass is 422 g/mol. The van der Waals surface area contributed by atoms with Crippen LogP contribution in [0.25, 0.3) is 0 Å². The van der Waals surface area contributed by atoms with Crippen LogP contribution in [0, 0.1) is 24.3 Å². The van der Waals surface area contributed by atoms with Crippen molar-refractivity contribution in [2.24, 2.45) is 5.10 Å². The van der Waals surface area contributed by atoms with Crippen molar-refractivity contribution in [2.45, 2.75) is 20.8 Å². The fourth-order valence-corrected chi connectivity index (χ4v) is 2.64. The molecule has 120 valence electrons. The summed E-state index contributed by atoms with van der Waals surface area (Å²) < 4.78 is 6.52. The quantitative estimate of drug-likeness (QED) is 0.454. The van der Waals surface area contributed by atoms with Crippen molar-refractivity contribution in [3.8, 4) is 5.75 Å². The number of hydrogen-bond donors (Lipinski definition) is 1. The van der Waals surface area contributed by atoms with Gasteiger partial charge in [0.2, 0.25) is 0 Å². The number of amides is 1. The Morgan fingerprint density at radius 1 is 1.17 bits per heavy atom. The predicted octanol–water partition coefficient (Wildman–Crippen LogP) is 3.75. The molecule has 0 spiro atoms. The Morgan fingerprint density at radius 3 is 2.39 bits per heavy atom. The normalized spacial score (nSPS) is 10.8. The van der Waals surface area contributed by atoms with E-state index in [0.29, 0.717) is 5.75 Å². The lowest BCUT2D eigenvalue weighted by Crippen LogP contribution is -2.24. The molecule has 2 aromatic carbocycles. The summed E-state index contributed by atoms with van der Waals surface area (Å²) in [6.07, 6.45) is 1.67. The second kappa shape index (κ2) is 8.10. The van der Waals surface area contributed by atoms with Gasteiger partial charge in [0.15, 0.2) is 6.61 Å². The summed E-state index contributed by atoms with van der Waals surface area (Å²) >= 11 is 2.22. The van der Waals surface area contributed by atoms with Gasteiger partial charge >= 0.3 is 0 Å². The molecule has 0 atom stereocenters. The summed E-state index contributed by atoms with van der Waals surface area (Å²) in [5.74, 6) is 0.372. The first-order chi connectivity index (χ1) is 11.0. The van der Waals surface area contributed by atoms with Crippen LogP contribution in [0.2, 0.25) is 0 Å². The fourth-order valence-electron chi connectivity index (χ4n) is 2.28. The Kier molecular flexibility index (Phi) is 6.15. The SMILES string of the molecule is Cc1cc(C)c(C=NNC(=O)COc2ccc(I)cc2)c(C)c1. The molecule has 0 saturated heterocycles. The number of benzene rings is 2. The highest BCUT2D eigenvalue weighted by Gasteiger charge is 2.03. The lowest BCUT2D eigenvalue weighted by Gasteiger charge is -2.07. The molecule has 0 heterocycles. The maximum absolute atomic E-state index is 11.7. The molecule has 0 saturated carbocycles. The highest BCUT2D eigenvalue weighted by molar-refractivity contribution is 14.1. The molecule has 2 rings (SSSR count). The van der Waals surface area contributed by atoms with Crippen LogP contribution in [0.1, 0.15) is 22.3 Å². The molecule has 0 bridgehead atoms. The van der Waals surface area contributed by atoms with E-state index in [0.717, 1.165) is 20.3 Å². The van der Waals surface area contributed by atoms with Crippen molar-refractivity contribution >= 4 is 34.7 Å². The first-order valence-corrected chi connectivity index (χ1v) is 8.31. The van der Waals surface area contributed by atoms with Crippen LogP contribution in [0.3, 0.4) is 0 Å². The van der Waals surface area contributed by atoms with Crippen LogP contribution in [0.4, 0.5) is 0 Å². The Bertz CT molecular complexity index is 701. The summed E-state index contributed by atoms with van der Waals surface area (Å²) in [7, 11) is 0. The molecule has 0 aliphatic rings. The molecule has 0 aliphatic heterocycles. The molecule has 0 aromatic heterocycles. The highest BCUT2D eigenvalue weighted by Crippen LogP contribution is 2.14. The van der Waals surface area contributed by atoms with Crippen molar-refractivity contribution in [3.05, 3.63) is 62.2 Å². The van der Waals surface area contributed by atoms with Gasteiger partial charge in [-0.25, -0.2) is 5.43 Å². The molecule has 0 unspecified atom stereocenters. The lowest BCUT2D eigenvalue weighted by molar-refractivity contribution is -0.123. The first-order valence-electron chi connectivity index (χ1n) is 7.24. The average molecular weight is 422 g/mol. The zero-order valence-electron chi connectivity index (χ0n) is 13.4.